The van der Waals surface area contributed by atoms with E-state index in [2.05, 4.69) is 12.6 Å². The van der Waals surface area contributed by atoms with Crippen molar-refractivity contribution < 1.29 is 14.3 Å². The maximum atomic E-state index is 13.9. The van der Waals surface area contributed by atoms with E-state index in [9.17, 15) is 4.79 Å². The number of carbonyl (C=O) groups excluding carboxylic acids is 1. The second kappa shape index (κ2) is 14.9. The summed E-state index contributed by atoms with van der Waals surface area (Å²) in [6, 6.07) is 10.1. The summed E-state index contributed by atoms with van der Waals surface area (Å²) in [7, 11) is 0. The summed E-state index contributed by atoms with van der Waals surface area (Å²) in [5.74, 6) is 1.38. The Hall–Kier alpha value is -2.41. The molecule has 8 heteroatoms. The van der Waals surface area contributed by atoms with Gasteiger partial charge in [0, 0.05) is 11.6 Å². The van der Waals surface area contributed by atoms with E-state index in [1.807, 2.05) is 42.2 Å². The lowest BCUT2D eigenvalue weighted by Crippen LogP contribution is -2.41. The zero-order chi connectivity index (χ0) is 29.5. The van der Waals surface area contributed by atoms with Crippen molar-refractivity contribution in [3.05, 3.63) is 74.6 Å². The second-order valence-electron chi connectivity index (χ2n) is 11.3. The highest BCUT2D eigenvalue weighted by Gasteiger charge is 2.39. The van der Waals surface area contributed by atoms with E-state index >= 15 is 0 Å². The fraction of sp³-hybridized carbons (Fsp3) is 0.471. The molecule has 2 saturated carbocycles. The van der Waals surface area contributed by atoms with Gasteiger partial charge in [-0.15, -0.1) is 6.58 Å². The zero-order valence-electron chi connectivity index (χ0n) is 24.4. The molecule has 2 aromatic carbocycles. The van der Waals surface area contributed by atoms with E-state index in [4.69, 9.17) is 37.7 Å². The number of halogens is 2. The minimum atomic E-state index is 0.0737. The van der Waals surface area contributed by atoms with Crippen LogP contribution in [-0.2, 0) is 17.8 Å². The molecule has 0 spiro atoms. The molecule has 3 fully saturated rings. The predicted octanol–water partition coefficient (Wildman–Crippen LogP) is 9.64. The van der Waals surface area contributed by atoms with Crippen LogP contribution in [0.4, 0.5) is 0 Å². The van der Waals surface area contributed by atoms with Crippen LogP contribution in [0.5, 0.6) is 11.5 Å². The SMILES string of the molecule is C=CCc1cc(C=C2SC(=NC3CCCCC3)N(C3CCCCC3)C2=O)cc(OCC)c1OCc1ccc(Cl)c(Cl)c1. The van der Waals surface area contributed by atoms with Crippen molar-refractivity contribution >= 4 is 52.1 Å². The molecule has 1 saturated heterocycles. The molecule has 0 N–H and O–H groups in total. The van der Waals surface area contributed by atoms with E-state index in [0.717, 1.165) is 47.5 Å². The molecular formula is C34H40Cl2N2O3S. The van der Waals surface area contributed by atoms with Crippen LogP contribution in [0.3, 0.4) is 0 Å². The van der Waals surface area contributed by atoms with E-state index in [1.54, 1.807) is 6.07 Å². The van der Waals surface area contributed by atoms with Crippen molar-refractivity contribution in [1.82, 2.24) is 4.90 Å². The lowest BCUT2D eigenvalue weighted by molar-refractivity contribution is -0.124. The zero-order valence-corrected chi connectivity index (χ0v) is 26.7. The smallest absolute Gasteiger partial charge is 0.266 e. The third-order valence-electron chi connectivity index (χ3n) is 8.13. The van der Waals surface area contributed by atoms with Crippen molar-refractivity contribution in [3.8, 4) is 11.5 Å². The van der Waals surface area contributed by atoms with Gasteiger partial charge < -0.3 is 9.47 Å². The highest BCUT2D eigenvalue weighted by Crippen LogP contribution is 2.41. The van der Waals surface area contributed by atoms with E-state index in [-0.39, 0.29) is 11.9 Å². The van der Waals surface area contributed by atoms with Crippen LogP contribution in [-0.4, -0.2) is 34.7 Å². The number of benzene rings is 2. The summed E-state index contributed by atoms with van der Waals surface area (Å²) in [4.78, 5) is 21.8. The van der Waals surface area contributed by atoms with Gasteiger partial charge in [0.05, 0.1) is 27.6 Å². The number of amidine groups is 1. The summed E-state index contributed by atoms with van der Waals surface area (Å²) in [6.07, 6.45) is 16.1. The summed E-state index contributed by atoms with van der Waals surface area (Å²) in [5.41, 5.74) is 2.75. The Balaban J connectivity index is 1.46. The lowest BCUT2D eigenvalue weighted by Gasteiger charge is -2.31. The number of thioether (sulfide) groups is 1. The molecule has 0 bridgehead atoms. The number of allylic oxidation sites excluding steroid dienone is 1. The third-order valence-corrected chi connectivity index (χ3v) is 9.86. The van der Waals surface area contributed by atoms with E-state index in [0.29, 0.717) is 52.1 Å². The van der Waals surface area contributed by atoms with Gasteiger partial charge in [-0.25, -0.2) is 0 Å². The van der Waals surface area contributed by atoms with Crippen LogP contribution in [0.2, 0.25) is 10.0 Å². The summed E-state index contributed by atoms with van der Waals surface area (Å²) in [6.45, 7) is 6.71. The molecule has 224 valence electrons. The molecule has 5 rings (SSSR count). The Morgan fingerprint density at radius 3 is 2.43 bits per heavy atom. The Morgan fingerprint density at radius 2 is 1.74 bits per heavy atom. The number of nitrogens with zero attached hydrogens (tertiary/aromatic N) is 2. The quantitative estimate of drug-likeness (QED) is 0.194. The highest BCUT2D eigenvalue weighted by molar-refractivity contribution is 8.18. The number of hydrogen-bond acceptors (Lipinski definition) is 5. The number of rotatable bonds is 10. The van der Waals surface area contributed by atoms with Gasteiger partial charge in [-0.3, -0.25) is 14.7 Å². The molecule has 0 unspecified atom stereocenters. The molecule has 1 aliphatic heterocycles. The van der Waals surface area contributed by atoms with Crippen molar-refractivity contribution in [2.75, 3.05) is 6.61 Å². The maximum Gasteiger partial charge on any atom is 0.266 e. The highest BCUT2D eigenvalue weighted by atomic mass is 35.5. The average molecular weight is 628 g/mol. The summed E-state index contributed by atoms with van der Waals surface area (Å²) >= 11 is 13.8. The summed E-state index contributed by atoms with van der Waals surface area (Å²) in [5, 5.41) is 1.89. The Kier molecular flexibility index (Phi) is 11.0. The Bertz CT molecular complexity index is 1350. The Morgan fingerprint density at radius 1 is 1.00 bits per heavy atom. The third kappa shape index (κ3) is 7.56. The normalized spacial score (nSPS) is 20.5. The van der Waals surface area contributed by atoms with Crippen molar-refractivity contribution in [2.24, 2.45) is 4.99 Å². The molecule has 2 aromatic rings. The van der Waals surface area contributed by atoms with Gasteiger partial charge in [0.25, 0.3) is 5.91 Å². The van der Waals surface area contributed by atoms with Crippen LogP contribution in [0.15, 0.2) is 52.9 Å². The molecule has 0 aromatic heterocycles. The van der Waals surface area contributed by atoms with Gasteiger partial charge in [-0.05, 0) is 92.3 Å². The fourth-order valence-corrected chi connectivity index (χ4v) is 7.47. The molecule has 1 amide bonds. The molecule has 0 atom stereocenters. The first-order valence-corrected chi connectivity index (χ1v) is 16.8. The second-order valence-corrected chi connectivity index (χ2v) is 13.1. The summed E-state index contributed by atoms with van der Waals surface area (Å²) < 4.78 is 12.4. The van der Waals surface area contributed by atoms with Crippen LogP contribution in [0.1, 0.15) is 87.8 Å². The molecule has 3 aliphatic rings. The average Bonchev–Trinajstić information content (AvgIpc) is 3.29. The minimum Gasteiger partial charge on any atom is -0.490 e. The van der Waals surface area contributed by atoms with Gasteiger partial charge in [-0.1, -0.05) is 73.9 Å². The largest absolute Gasteiger partial charge is 0.490 e. The van der Waals surface area contributed by atoms with Gasteiger partial charge in [0.1, 0.15) is 6.61 Å². The number of carbonyl (C=O) groups is 1. The molecule has 1 heterocycles. The Labute approximate surface area is 264 Å². The van der Waals surface area contributed by atoms with Crippen molar-refractivity contribution in [3.63, 3.8) is 0 Å². The number of amides is 1. The van der Waals surface area contributed by atoms with Crippen LogP contribution in [0.25, 0.3) is 6.08 Å². The fourth-order valence-electron chi connectivity index (χ4n) is 6.04. The van der Waals surface area contributed by atoms with Gasteiger partial charge in [0.2, 0.25) is 0 Å². The van der Waals surface area contributed by atoms with Crippen molar-refractivity contribution in [2.45, 2.75) is 96.2 Å². The number of ether oxygens (including phenoxy) is 2. The first-order valence-electron chi connectivity index (χ1n) is 15.2. The van der Waals surface area contributed by atoms with Crippen LogP contribution < -0.4 is 9.47 Å². The first kappa shape index (κ1) is 31.0. The van der Waals surface area contributed by atoms with E-state index < -0.39 is 0 Å². The van der Waals surface area contributed by atoms with Crippen molar-refractivity contribution in [1.29, 1.82) is 0 Å². The molecular weight excluding hydrogens is 587 g/mol. The predicted molar refractivity (Wildman–Crippen MR) is 176 cm³/mol. The first-order chi connectivity index (χ1) is 20.5. The molecule has 0 radical (unpaired) electrons. The number of aliphatic imine (C=N–C) groups is 1. The standard InChI is InChI=1S/C34H40Cl2N2O3S/c1-3-11-25-18-24(20-30(40-4-2)32(25)41-22-23-16-17-28(35)29(36)19-23)21-31-33(39)38(27-14-9-6-10-15-27)34(42-31)37-26-12-7-5-8-13-26/h3,16-21,26-27H,1,4-15,22H2,2H3. The maximum absolute atomic E-state index is 13.9. The van der Waals surface area contributed by atoms with Crippen LogP contribution in [0, 0.1) is 0 Å². The lowest BCUT2D eigenvalue weighted by atomic mass is 9.94. The minimum absolute atomic E-state index is 0.0737. The number of hydrogen-bond donors (Lipinski definition) is 0. The van der Waals surface area contributed by atoms with Gasteiger partial charge in [0.15, 0.2) is 16.7 Å². The van der Waals surface area contributed by atoms with Crippen LogP contribution >= 0.6 is 35.0 Å². The van der Waals surface area contributed by atoms with E-state index in [1.165, 1.54) is 50.3 Å². The van der Waals surface area contributed by atoms with Gasteiger partial charge >= 0.3 is 0 Å². The monoisotopic (exact) mass is 626 g/mol. The molecule has 5 nitrogen and oxygen atoms in total. The molecule has 2 aliphatic carbocycles. The molecule has 42 heavy (non-hydrogen) atoms. The van der Waals surface area contributed by atoms with Gasteiger partial charge in [-0.2, -0.15) is 0 Å². The topological polar surface area (TPSA) is 51.1 Å².